The van der Waals surface area contributed by atoms with Crippen LogP contribution >= 0.6 is 0 Å². The Morgan fingerprint density at radius 1 is 1.19 bits per heavy atom. The van der Waals surface area contributed by atoms with Gasteiger partial charge in [-0.2, -0.15) is 0 Å². The summed E-state index contributed by atoms with van der Waals surface area (Å²) in [6.07, 6.45) is 4.37. The van der Waals surface area contributed by atoms with E-state index in [0.29, 0.717) is 18.0 Å². The molecule has 26 heavy (non-hydrogen) atoms. The fraction of sp³-hybridized carbons (Fsp3) is 0.650. The lowest BCUT2D eigenvalue weighted by atomic mass is 10.0. The number of morpholine rings is 1. The summed E-state index contributed by atoms with van der Waals surface area (Å²) in [6.45, 7) is 3.77. The molecule has 1 aliphatic carbocycles. The molecule has 2 aliphatic rings. The summed E-state index contributed by atoms with van der Waals surface area (Å²) < 4.78 is 16.3. The van der Waals surface area contributed by atoms with E-state index in [-0.39, 0.29) is 17.9 Å². The number of ether oxygens (including phenoxy) is 3. The van der Waals surface area contributed by atoms with Gasteiger partial charge in [-0.15, -0.1) is 0 Å². The van der Waals surface area contributed by atoms with Crippen LogP contribution in [-0.2, 0) is 9.53 Å². The summed E-state index contributed by atoms with van der Waals surface area (Å²) in [7, 11) is 3.28. The van der Waals surface area contributed by atoms with Gasteiger partial charge in [-0.25, -0.2) is 0 Å². The Balaban J connectivity index is 1.75. The topological polar surface area (TPSA) is 60.0 Å². The summed E-state index contributed by atoms with van der Waals surface area (Å²) in [5, 5.41) is 3.19. The van der Waals surface area contributed by atoms with Crippen LogP contribution in [0.4, 0.5) is 0 Å². The summed E-state index contributed by atoms with van der Waals surface area (Å²) in [5.74, 6) is 1.81. The summed E-state index contributed by atoms with van der Waals surface area (Å²) in [5.41, 5.74) is 1.12. The molecule has 2 fully saturated rings. The van der Waals surface area contributed by atoms with Crippen LogP contribution in [0.2, 0.25) is 0 Å². The fourth-order valence-electron chi connectivity index (χ4n) is 3.94. The second-order valence-corrected chi connectivity index (χ2v) is 7.01. The number of carbonyl (C=O) groups excluding carboxylic acids is 1. The zero-order chi connectivity index (χ0) is 18.4. The van der Waals surface area contributed by atoms with Crippen molar-refractivity contribution in [3.63, 3.8) is 0 Å². The zero-order valence-electron chi connectivity index (χ0n) is 15.8. The average molecular weight is 362 g/mol. The van der Waals surface area contributed by atoms with Crippen molar-refractivity contribution in [2.45, 2.75) is 31.7 Å². The number of carbonyl (C=O) groups is 1. The monoisotopic (exact) mass is 362 g/mol. The average Bonchev–Trinajstić information content (AvgIpc) is 3.23. The number of benzene rings is 1. The Kier molecular flexibility index (Phi) is 6.74. The van der Waals surface area contributed by atoms with Crippen LogP contribution in [0, 0.1) is 5.92 Å². The maximum atomic E-state index is 12.5. The predicted molar refractivity (Wildman–Crippen MR) is 99.6 cm³/mol. The molecular weight excluding hydrogens is 332 g/mol. The largest absolute Gasteiger partial charge is 0.493 e. The third-order valence-corrected chi connectivity index (χ3v) is 5.47. The first-order chi connectivity index (χ1) is 12.7. The first-order valence-corrected chi connectivity index (χ1v) is 9.54. The molecule has 144 valence electrons. The molecule has 1 atom stereocenters. The lowest BCUT2D eigenvalue weighted by Crippen LogP contribution is -2.44. The zero-order valence-corrected chi connectivity index (χ0v) is 15.8. The molecule has 0 bridgehead atoms. The highest BCUT2D eigenvalue weighted by atomic mass is 16.5. The number of nitrogens with zero attached hydrogens (tertiary/aromatic N) is 1. The number of amides is 1. The molecule has 0 spiro atoms. The van der Waals surface area contributed by atoms with Crippen LogP contribution in [0.1, 0.15) is 37.3 Å². The minimum Gasteiger partial charge on any atom is -0.493 e. The van der Waals surface area contributed by atoms with E-state index in [1.54, 1.807) is 14.2 Å². The molecule has 6 nitrogen and oxygen atoms in total. The third kappa shape index (κ3) is 4.48. The van der Waals surface area contributed by atoms with E-state index in [9.17, 15) is 4.79 Å². The molecule has 1 unspecified atom stereocenters. The highest BCUT2D eigenvalue weighted by molar-refractivity contribution is 5.78. The first kappa shape index (κ1) is 19.0. The molecule has 1 saturated carbocycles. The number of methoxy groups -OCH3 is 2. The van der Waals surface area contributed by atoms with Gasteiger partial charge in [0, 0.05) is 25.6 Å². The standard InChI is InChI=1S/C20H30N2O4/c1-24-18-8-7-16(13-19(18)25-2)17(22-9-11-26-12-10-22)14-21-20(23)15-5-3-4-6-15/h7-8,13,15,17H,3-6,9-12,14H2,1-2H3,(H,21,23). The quantitative estimate of drug-likeness (QED) is 0.807. The van der Waals surface area contributed by atoms with Crippen molar-refractivity contribution in [3.8, 4) is 11.5 Å². The van der Waals surface area contributed by atoms with Gasteiger partial charge in [0.15, 0.2) is 11.5 Å². The van der Waals surface area contributed by atoms with Crippen LogP contribution in [0.5, 0.6) is 11.5 Å². The Morgan fingerprint density at radius 3 is 2.54 bits per heavy atom. The minimum atomic E-state index is 0.101. The second-order valence-electron chi connectivity index (χ2n) is 7.01. The number of rotatable bonds is 7. The summed E-state index contributed by atoms with van der Waals surface area (Å²) in [6, 6.07) is 6.11. The molecule has 0 aromatic heterocycles. The molecule has 1 N–H and O–H groups in total. The minimum absolute atomic E-state index is 0.101. The van der Waals surface area contributed by atoms with Gasteiger partial charge in [-0.05, 0) is 30.5 Å². The Morgan fingerprint density at radius 2 is 1.88 bits per heavy atom. The molecule has 1 aromatic carbocycles. The lowest BCUT2D eigenvalue weighted by molar-refractivity contribution is -0.125. The lowest BCUT2D eigenvalue weighted by Gasteiger charge is -2.35. The molecule has 1 aliphatic heterocycles. The summed E-state index contributed by atoms with van der Waals surface area (Å²) >= 11 is 0. The van der Waals surface area contributed by atoms with Gasteiger partial charge < -0.3 is 19.5 Å². The molecular formula is C20H30N2O4. The maximum absolute atomic E-state index is 12.5. The van der Waals surface area contributed by atoms with E-state index >= 15 is 0 Å². The second kappa shape index (κ2) is 9.24. The van der Waals surface area contributed by atoms with Crippen LogP contribution in [0.25, 0.3) is 0 Å². The van der Waals surface area contributed by atoms with Gasteiger partial charge in [0.2, 0.25) is 5.91 Å². The normalized spacial score (nSPS) is 19.9. The van der Waals surface area contributed by atoms with Crippen LogP contribution in [-0.4, -0.2) is 57.9 Å². The molecule has 0 radical (unpaired) electrons. The first-order valence-electron chi connectivity index (χ1n) is 9.54. The number of nitrogens with one attached hydrogen (secondary N) is 1. The van der Waals surface area contributed by atoms with Crippen molar-refractivity contribution >= 4 is 5.91 Å². The van der Waals surface area contributed by atoms with Crippen molar-refractivity contribution in [1.82, 2.24) is 10.2 Å². The smallest absolute Gasteiger partial charge is 0.223 e. The van der Waals surface area contributed by atoms with Gasteiger partial charge in [-0.1, -0.05) is 18.9 Å². The Labute approximate surface area is 155 Å². The van der Waals surface area contributed by atoms with Gasteiger partial charge in [0.1, 0.15) is 0 Å². The van der Waals surface area contributed by atoms with Crippen LogP contribution < -0.4 is 14.8 Å². The van der Waals surface area contributed by atoms with E-state index in [4.69, 9.17) is 14.2 Å². The highest BCUT2D eigenvalue weighted by Crippen LogP contribution is 2.32. The van der Waals surface area contributed by atoms with Crippen molar-refractivity contribution in [2.75, 3.05) is 47.1 Å². The van der Waals surface area contributed by atoms with E-state index in [0.717, 1.165) is 44.7 Å². The van der Waals surface area contributed by atoms with Gasteiger partial charge in [0.05, 0.1) is 33.5 Å². The number of hydrogen-bond donors (Lipinski definition) is 1. The van der Waals surface area contributed by atoms with Crippen molar-refractivity contribution in [1.29, 1.82) is 0 Å². The molecule has 6 heteroatoms. The fourth-order valence-corrected chi connectivity index (χ4v) is 3.94. The van der Waals surface area contributed by atoms with E-state index < -0.39 is 0 Å². The Hall–Kier alpha value is -1.79. The predicted octanol–water partition coefficient (Wildman–Crippen LogP) is 2.38. The van der Waals surface area contributed by atoms with Gasteiger partial charge in [0.25, 0.3) is 0 Å². The maximum Gasteiger partial charge on any atom is 0.223 e. The van der Waals surface area contributed by atoms with E-state index in [1.807, 2.05) is 12.1 Å². The Bertz CT molecular complexity index is 595. The van der Waals surface area contributed by atoms with Crippen LogP contribution in [0.3, 0.4) is 0 Å². The van der Waals surface area contributed by atoms with Crippen molar-refractivity contribution in [3.05, 3.63) is 23.8 Å². The third-order valence-electron chi connectivity index (χ3n) is 5.47. The number of hydrogen-bond acceptors (Lipinski definition) is 5. The van der Waals surface area contributed by atoms with E-state index in [2.05, 4.69) is 16.3 Å². The molecule has 1 saturated heterocycles. The van der Waals surface area contributed by atoms with E-state index in [1.165, 1.54) is 12.8 Å². The molecule has 1 heterocycles. The molecule has 1 aromatic rings. The molecule has 3 rings (SSSR count). The van der Waals surface area contributed by atoms with Crippen molar-refractivity contribution in [2.24, 2.45) is 5.92 Å². The van der Waals surface area contributed by atoms with Gasteiger partial charge >= 0.3 is 0 Å². The molecule has 1 amide bonds. The summed E-state index contributed by atoms with van der Waals surface area (Å²) in [4.78, 5) is 14.9. The van der Waals surface area contributed by atoms with Crippen LogP contribution in [0.15, 0.2) is 18.2 Å². The SMILES string of the molecule is COc1ccc(C(CNC(=O)C2CCCC2)N2CCOCC2)cc1OC. The highest BCUT2D eigenvalue weighted by Gasteiger charge is 2.27. The van der Waals surface area contributed by atoms with Crippen molar-refractivity contribution < 1.29 is 19.0 Å². The van der Waals surface area contributed by atoms with Gasteiger partial charge in [-0.3, -0.25) is 9.69 Å².